The van der Waals surface area contributed by atoms with Crippen LogP contribution in [0.25, 0.3) is 5.69 Å². The molecule has 8 nitrogen and oxygen atoms in total. The van der Waals surface area contributed by atoms with Crippen molar-refractivity contribution in [2.45, 2.75) is 33.1 Å². The van der Waals surface area contributed by atoms with E-state index >= 15 is 0 Å². The zero-order chi connectivity index (χ0) is 22.7. The molecule has 31 heavy (non-hydrogen) atoms. The number of carbonyl (C=O) groups is 4. The van der Waals surface area contributed by atoms with Crippen LogP contribution in [0.2, 0.25) is 0 Å². The molecule has 0 spiro atoms. The van der Waals surface area contributed by atoms with Crippen LogP contribution >= 0.6 is 0 Å². The maximum Gasteiger partial charge on any atom is 0.337 e. The van der Waals surface area contributed by atoms with Crippen molar-refractivity contribution in [2.24, 2.45) is 5.92 Å². The summed E-state index contributed by atoms with van der Waals surface area (Å²) in [5.41, 5.74) is 2.57. The summed E-state index contributed by atoms with van der Waals surface area (Å²) in [4.78, 5) is 48.8. The minimum atomic E-state index is -0.603. The molecule has 1 aromatic carbocycles. The SMILES string of the molecule is COC(=O)c1cc(C(=O)OC)cc(-n2c(C)cc(C(=O)COC(=O)C3CCC3)c2C)c1. The first-order chi connectivity index (χ1) is 14.8. The number of benzene rings is 1. The van der Waals surface area contributed by atoms with E-state index in [1.54, 1.807) is 36.6 Å². The van der Waals surface area contributed by atoms with E-state index in [0.717, 1.165) is 19.3 Å². The Bertz CT molecular complexity index is 1010. The van der Waals surface area contributed by atoms with Gasteiger partial charge in [-0.1, -0.05) is 6.42 Å². The topological polar surface area (TPSA) is 101 Å². The van der Waals surface area contributed by atoms with Gasteiger partial charge in [0.2, 0.25) is 5.78 Å². The van der Waals surface area contributed by atoms with Gasteiger partial charge in [-0.05, 0) is 51.0 Å². The highest BCUT2D eigenvalue weighted by Gasteiger charge is 2.28. The van der Waals surface area contributed by atoms with E-state index in [-0.39, 0.29) is 35.4 Å². The van der Waals surface area contributed by atoms with Crippen LogP contribution in [0.4, 0.5) is 0 Å². The Balaban J connectivity index is 1.93. The Morgan fingerprint density at radius 3 is 2.00 bits per heavy atom. The van der Waals surface area contributed by atoms with Gasteiger partial charge in [0.15, 0.2) is 6.61 Å². The zero-order valence-corrected chi connectivity index (χ0v) is 18.0. The molecule has 0 radical (unpaired) electrons. The first-order valence-corrected chi connectivity index (χ1v) is 9.97. The summed E-state index contributed by atoms with van der Waals surface area (Å²) in [6, 6.07) is 6.23. The molecular weight excluding hydrogens is 402 g/mol. The monoisotopic (exact) mass is 427 g/mol. The highest BCUT2D eigenvalue weighted by atomic mass is 16.5. The van der Waals surface area contributed by atoms with E-state index in [1.165, 1.54) is 20.3 Å². The van der Waals surface area contributed by atoms with Crippen molar-refractivity contribution in [1.82, 2.24) is 4.57 Å². The van der Waals surface area contributed by atoms with Crippen molar-refractivity contribution in [2.75, 3.05) is 20.8 Å². The Kier molecular flexibility index (Phi) is 6.58. The molecule has 1 heterocycles. The smallest absolute Gasteiger partial charge is 0.337 e. The van der Waals surface area contributed by atoms with Crippen molar-refractivity contribution in [3.05, 3.63) is 52.3 Å². The lowest BCUT2D eigenvalue weighted by atomic mass is 9.86. The average Bonchev–Trinajstić information content (AvgIpc) is 3.03. The number of hydrogen-bond acceptors (Lipinski definition) is 7. The molecule has 1 aromatic heterocycles. The second kappa shape index (κ2) is 9.16. The third-order valence-corrected chi connectivity index (χ3v) is 5.53. The normalized spacial score (nSPS) is 13.3. The van der Waals surface area contributed by atoms with Crippen LogP contribution in [0.15, 0.2) is 24.3 Å². The van der Waals surface area contributed by atoms with Crippen molar-refractivity contribution in [1.29, 1.82) is 0 Å². The molecule has 1 aliphatic rings. The number of ketones is 1. The summed E-state index contributed by atoms with van der Waals surface area (Å²) in [7, 11) is 2.50. The highest BCUT2D eigenvalue weighted by Crippen LogP contribution is 2.28. The molecule has 1 aliphatic carbocycles. The highest BCUT2D eigenvalue weighted by molar-refractivity contribution is 6.00. The molecule has 8 heteroatoms. The summed E-state index contributed by atoms with van der Waals surface area (Å²) < 4.78 is 16.5. The number of aryl methyl sites for hydroxylation is 1. The number of carbonyl (C=O) groups excluding carboxylic acids is 4. The number of ether oxygens (including phenoxy) is 3. The molecule has 0 saturated heterocycles. The fourth-order valence-corrected chi connectivity index (χ4v) is 3.63. The predicted molar refractivity (Wildman–Crippen MR) is 111 cm³/mol. The quantitative estimate of drug-likeness (QED) is 0.380. The number of methoxy groups -OCH3 is 2. The third kappa shape index (κ3) is 4.52. The van der Waals surface area contributed by atoms with Gasteiger partial charge in [0.1, 0.15) is 0 Å². The molecule has 0 aliphatic heterocycles. The standard InChI is InChI=1S/C23H25NO7/c1-13-8-19(20(25)12-31-23(28)15-6-5-7-15)14(2)24(13)18-10-16(21(26)29-3)9-17(11-18)22(27)30-4/h8-11,15H,5-7,12H2,1-4H3. The van der Waals surface area contributed by atoms with Crippen LogP contribution in [0.1, 0.15) is 61.7 Å². The summed E-state index contributed by atoms with van der Waals surface area (Å²) >= 11 is 0. The molecule has 0 N–H and O–H groups in total. The van der Waals surface area contributed by atoms with Gasteiger partial charge in [-0.25, -0.2) is 9.59 Å². The first-order valence-electron chi connectivity index (χ1n) is 9.97. The van der Waals surface area contributed by atoms with Gasteiger partial charge >= 0.3 is 17.9 Å². The van der Waals surface area contributed by atoms with Gasteiger partial charge in [-0.3, -0.25) is 9.59 Å². The Morgan fingerprint density at radius 2 is 1.52 bits per heavy atom. The average molecular weight is 427 g/mol. The molecule has 0 atom stereocenters. The molecule has 3 rings (SSSR count). The number of aromatic nitrogens is 1. The summed E-state index contributed by atoms with van der Waals surface area (Å²) in [6.07, 6.45) is 2.62. The van der Waals surface area contributed by atoms with Gasteiger partial charge in [0.05, 0.1) is 31.3 Å². The van der Waals surface area contributed by atoms with E-state index < -0.39 is 11.9 Å². The van der Waals surface area contributed by atoms with E-state index in [4.69, 9.17) is 14.2 Å². The van der Waals surface area contributed by atoms with Crippen LogP contribution < -0.4 is 0 Å². The van der Waals surface area contributed by atoms with Gasteiger partial charge in [-0.15, -0.1) is 0 Å². The molecular formula is C23H25NO7. The van der Waals surface area contributed by atoms with Gasteiger partial charge < -0.3 is 18.8 Å². The lowest BCUT2D eigenvalue weighted by Gasteiger charge is -2.22. The number of nitrogens with zero attached hydrogens (tertiary/aromatic N) is 1. The molecule has 2 aromatic rings. The van der Waals surface area contributed by atoms with E-state index in [9.17, 15) is 19.2 Å². The number of esters is 3. The number of hydrogen-bond donors (Lipinski definition) is 0. The summed E-state index contributed by atoms with van der Waals surface area (Å²) in [5, 5.41) is 0. The maximum absolute atomic E-state index is 12.7. The summed E-state index contributed by atoms with van der Waals surface area (Å²) in [5.74, 6) is -1.95. The minimum absolute atomic E-state index is 0.0990. The lowest BCUT2D eigenvalue weighted by Crippen LogP contribution is -2.26. The summed E-state index contributed by atoms with van der Waals surface area (Å²) in [6.45, 7) is 3.22. The van der Waals surface area contributed by atoms with E-state index in [1.807, 2.05) is 0 Å². The van der Waals surface area contributed by atoms with Crippen LogP contribution in [-0.2, 0) is 19.0 Å². The second-order valence-corrected chi connectivity index (χ2v) is 7.53. The van der Waals surface area contributed by atoms with E-state index in [0.29, 0.717) is 22.6 Å². The third-order valence-electron chi connectivity index (χ3n) is 5.53. The maximum atomic E-state index is 12.7. The molecule has 0 unspecified atom stereocenters. The fraction of sp³-hybridized carbons (Fsp3) is 0.391. The fourth-order valence-electron chi connectivity index (χ4n) is 3.63. The Hall–Kier alpha value is -3.42. The first kappa shape index (κ1) is 22.3. The Labute approximate surface area is 180 Å². The van der Waals surface area contributed by atoms with Crippen LogP contribution in [-0.4, -0.2) is 49.1 Å². The lowest BCUT2D eigenvalue weighted by molar-refractivity contribution is -0.150. The van der Waals surface area contributed by atoms with Crippen LogP contribution in [0.3, 0.4) is 0 Å². The molecule has 1 fully saturated rings. The van der Waals surface area contributed by atoms with Crippen molar-refractivity contribution < 1.29 is 33.4 Å². The zero-order valence-electron chi connectivity index (χ0n) is 18.0. The largest absolute Gasteiger partial charge is 0.465 e. The molecule has 0 bridgehead atoms. The van der Waals surface area contributed by atoms with Gasteiger partial charge in [-0.2, -0.15) is 0 Å². The van der Waals surface area contributed by atoms with E-state index in [2.05, 4.69) is 0 Å². The molecule has 0 amide bonds. The predicted octanol–water partition coefficient (Wildman–Crippen LogP) is 3.19. The number of Topliss-reactive ketones (excluding diaryl/α,β-unsaturated/α-hetero) is 1. The van der Waals surface area contributed by atoms with Crippen molar-refractivity contribution in [3.8, 4) is 5.69 Å². The van der Waals surface area contributed by atoms with Crippen LogP contribution in [0.5, 0.6) is 0 Å². The van der Waals surface area contributed by atoms with Crippen molar-refractivity contribution in [3.63, 3.8) is 0 Å². The number of rotatable bonds is 7. The van der Waals surface area contributed by atoms with Crippen LogP contribution in [0, 0.1) is 19.8 Å². The second-order valence-electron chi connectivity index (χ2n) is 7.53. The van der Waals surface area contributed by atoms with Gasteiger partial charge in [0, 0.05) is 22.6 Å². The molecule has 164 valence electrons. The Morgan fingerprint density at radius 1 is 0.935 bits per heavy atom. The minimum Gasteiger partial charge on any atom is -0.465 e. The van der Waals surface area contributed by atoms with Crippen molar-refractivity contribution >= 4 is 23.7 Å². The van der Waals surface area contributed by atoms with Gasteiger partial charge in [0.25, 0.3) is 0 Å². The molecule has 1 saturated carbocycles.